The summed E-state index contributed by atoms with van der Waals surface area (Å²) in [6.45, 7) is 11.7. The lowest BCUT2D eigenvalue weighted by molar-refractivity contribution is -0.137. The fourth-order valence-corrected chi connectivity index (χ4v) is 2.95. The lowest BCUT2D eigenvalue weighted by Crippen LogP contribution is -2.02. The van der Waals surface area contributed by atoms with Crippen LogP contribution in [0.1, 0.15) is 66.2 Å². The Labute approximate surface area is 144 Å². The maximum Gasteiger partial charge on any atom is 0.443 e. The number of rotatable bonds is 1. The molecule has 2 heterocycles. The lowest BCUT2D eigenvalue weighted by atomic mass is 10.5. The highest BCUT2D eigenvalue weighted by Gasteiger charge is 2.34. The molecule has 1 fully saturated rings. The molecule has 2 aromatic rings. The fraction of sp³-hybridized carbons (Fsp3) is 0.625. The predicted octanol–water partition coefficient (Wildman–Crippen LogP) is 6.85. The molecule has 0 N–H and O–H groups in total. The van der Waals surface area contributed by atoms with E-state index in [-0.39, 0.29) is 0 Å². The minimum Gasteiger partial charge on any atom is -0.249 e. The maximum atomic E-state index is 11.7. The summed E-state index contributed by atoms with van der Waals surface area (Å²) >= 11 is 2.51. The molecule has 1 aliphatic rings. The van der Waals surface area contributed by atoms with Crippen LogP contribution in [0.2, 0.25) is 0 Å². The Kier molecular flexibility index (Phi) is 10.3. The lowest BCUT2D eigenvalue weighted by Gasteiger charge is -1.98. The van der Waals surface area contributed by atoms with Crippen LogP contribution in [-0.2, 0) is 6.18 Å². The van der Waals surface area contributed by atoms with E-state index in [0.717, 1.165) is 5.92 Å². The van der Waals surface area contributed by atoms with Gasteiger partial charge in [-0.1, -0.05) is 27.7 Å². The normalized spacial score (nSPS) is 12.9. The molecule has 1 saturated carbocycles. The zero-order valence-electron chi connectivity index (χ0n) is 14.5. The first-order valence-electron chi connectivity index (χ1n) is 7.78. The van der Waals surface area contributed by atoms with Crippen molar-refractivity contribution in [3.8, 4) is 0 Å². The molecule has 0 unspecified atom stereocenters. The highest BCUT2D eigenvalue weighted by molar-refractivity contribution is 7.11. The van der Waals surface area contributed by atoms with Gasteiger partial charge in [0.2, 0.25) is 0 Å². The summed E-state index contributed by atoms with van der Waals surface area (Å²) in [5.41, 5.74) is 0. The second-order valence-electron chi connectivity index (χ2n) is 4.36. The van der Waals surface area contributed by atoms with E-state index in [9.17, 15) is 13.2 Å². The predicted molar refractivity (Wildman–Crippen MR) is 93.4 cm³/mol. The highest BCUT2D eigenvalue weighted by Crippen LogP contribution is 2.41. The summed E-state index contributed by atoms with van der Waals surface area (Å²) < 4.78 is 35.2. The third-order valence-electron chi connectivity index (χ3n) is 2.43. The fourth-order valence-electron chi connectivity index (χ4n) is 1.38. The number of hydrogen-bond donors (Lipinski definition) is 0. The van der Waals surface area contributed by atoms with Gasteiger partial charge < -0.3 is 0 Å². The van der Waals surface area contributed by atoms with Gasteiger partial charge in [-0.3, -0.25) is 0 Å². The van der Waals surface area contributed by atoms with Crippen molar-refractivity contribution >= 4 is 22.7 Å². The van der Waals surface area contributed by atoms with Crippen LogP contribution in [0.4, 0.5) is 13.2 Å². The number of nitrogens with zero attached hydrogens (tertiary/aromatic N) is 2. The number of aromatic nitrogens is 2. The second-order valence-corrected chi connectivity index (χ2v) is 6.86. The molecule has 132 valence electrons. The van der Waals surface area contributed by atoms with Crippen molar-refractivity contribution in [1.29, 1.82) is 0 Å². The third-order valence-corrected chi connectivity index (χ3v) is 4.46. The number of hydrogen-bond acceptors (Lipinski definition) is 4. The molecule has 0 radical (unpaired) electrons. The van der Waals surface area contributed by atoms with Crippen LogP contribution in [0.3, 0.4) is 0 Å². The molecule has 0 bridgehead atoms. The zero-order valence-corrected chi connectivity index (χ0v) is 16.1. The molecule has 0 aromatic carbocycles. The van der Waals surface area contributed by atoms with Gasteiger partial charge in [0.05, 0.1) is 5.01 Å². The Balaban J connectivity index is 0.000000347. The molecule has 3 rings (SSSR count). The van der Waals surface area contributed by atoms with Gasteiger partial charge in [0.25, 0.3) is 0 Å². The summed E-state index contributed by atoms with van der Waals surface area (Å²) in [6, 6.07) is 0. The van der Waals surface area contributed by atoms with E-state index < -0.39 is 11.2 Å². The monoisotopic (exact) mass is 366 g/mol. The minimum absolute atomic E-state index is 0.576. The number of alkyl halides is 3. The van der Waals surface area contributed by atoms with Crippen LogP contribution in [0.25, 0.3) is 0 Å². The van der Waals surface area contributed by atoms with Gasteiger partial charge in [-0.2, -0.15) is 13.2 Å². The first-order chi connectivity index (χ1) is 10.9. The van der Waals surface area contributed by atoms with Crippen LogP contribution < -0.4 is 0 Å². The van der Waals surface area contributed by atoms with Gasteiger partial charge >= 0.3 is 6.18 Å². The van der Waals surface area contributed by atoms with Crippen molar-refractivity contribution in [3.63, 3.8) is 0 Å². The number of halogens is 3. The molecule has 7 heteroatoms. The second kappa shape index (κ2) is 10.8. The first kappa shape index (κ1) is 22.1. The molecule has 0 amide bonds. The van der Waals surface area contributed by atoms with Crippen LogP contribution in [0.15, 0.2) is 12.4 Å². The van der Waals surface area contributed by atoms with E-state index in [0.29, 0.717) is 16.2 Å². The van der Waals surface area contributed by atoms with E-state index in [1.807, 2.05) is 45.2 Å². The molecule has 0 spiro atoms. The van der Waals surface area contributed by atoms with Crippen molar-refractivity contribution in [2.24, 2.45) is 0 Å². The van der Waals surface area contributed by atoms with Gasteiger partial charge in [0, 0.05) is 28.1 Å². The van der Waals surface area contributed by atoms with Crippen LogP contribution in [0.5, 0.6) is 0 Å². The molecule has 2 nitrogen and oxygen atoms in total. The molecule has 1 aliphatic carbocycles. The van der Waals surface area contributed by atoms with E-state index in [1.165, 1.54) is 28.9 Å². The molecule has 2 aromatic heterocycles. The Hall–Kier alpha value is -0.950. The Bertz CT molecular complexity index is 544. The van der Waals surface area contributed by atoms with Crippen molar-refractivity contribution in [2.45, 2.75) is 66.5 Å². The standard InChI is InChI=1S/C7H9NS.C5H4F3NS.2C2H6/c1-5-4-8-7(9-5)6-2-3-6;1-3-2-9-4(10-3)5(6,7)8;2*1-2/h4,6H,2-3H2,1H3;2H,1H3;2*1-2H3. The van der Waals surface area contributed by atoms with E-state index in [1.54, 1.807) is 6.92 Å². The Morgan fingerprint density at radius 1 is 0.913 bits per heavy atom. The maximum absolute atomic E-state index is 11.7. The third kappa shape index (κ3) is 8.46. The zero-order chi connectivity index (χ0) is 18.0. The SMILES string of the molecule is CC.CC.Cc1cnc(C(F)(F)F)s1.Cc1cnc(C2CC2)s1. The summed E-state index contributed by atoms with van der Waals surface area (Å²) in [7, 11) is 0. The van der Waals surface area contributed by atoms with Gasteiger partial charge in [-0.25, -0.2) is 9.97 Å². The molecular formula is C16H25F3N2S2. The highest BCUT2D eigenvalue weighted by atomic mass is 32.1. The van der Waals surface area contributed by atoms with Gasteiger partial charge in [-0.15, -0.1) is 22.7 Å². The largest absolute Gasteiger partial charge is 0.443 e. The first-order valence-corrected chi connectivity index (χ1v) is 9.41. The Morgan fingerprint density at radius 2 is 1.39 bits per heavy atom. The van der Waals surface area contributed by atoms with Crippen LogP contribution >= 0.6 is 22.7 Å². The average molecular weight is 367 g/mol. The summed E-state index contributed by atoms with van der Waals surface area (Å²) in [6.07, 6.45) is 1.64. The van der Waals surface area contributed by atoms with Gasteiger partial charge in [0.1, 0.15) is 0 Å². The summed E-state index contributed by atoms with van der Waals surface area (Å²) in [5, 5.41) is 0.581. The quantitative estimate of drug-likeness (QED) is 0.551. The van der Waals surface area contributed by atoms with Gasteiger partial charge in [-0.05, 0) is 26.7 Å². The molecular weight excluding hydrogens is 341 g/mol. The summed E-state index contributed by atoms with van der Waals surface area (Å²) in [4.78, 5) is 9.40. The molecule has 0 aliphatic heterocycles. The van der Waals surface area contributed by atoms with Crippen molar-refractivity contribution in [1.82, 2.24) is 9.97 Å². The molecule has 0 atom stereocenters. The van der Waals surface area contributed by atoms with E-state index >= 15 is 0 Å². The van der Waals surface area contributed by atoms with Crippen molar-refractivity contribution < 1.29 is 13.2 Å². The van der Waals surface area contributed by atoms with Crippen molar-refractivity contribution in [3.05, 3.63) is 32.2 Å². The smallest absolute Gasteiger partial charge is 0.249 e. The van der Waals surface area contributed by atoms with Crippen LogP contribution in [0, 0.1) is 13.8 Å². The number of thiazole rings is 2. The topological polar surface area (TPSA) is 25.8 Å². The van der Waals surface area contributed by atoms with E-state index in [2.05, 4.69) is 16.9 Å². The van der Waals surface area contributed by atoms with E-state index in [4.69, 9.17) is 0 Å². The van der Waals surface area contributed by atoms with Gasteiger partial charge in [0.15, 0.2) is 5.01 Å². The van der Waals surface area contributed by atoms with Crippen molar-refractivity contribution in [2.75, 3.05) is 0 Å². The number of aryl methyl sites for hydroxylation is 2. The minimum atomic E-state index is -4.28. The summed E-state index contributed by atoms with van der Waals surface area (Å²) in [5.74, 6) is 0.837. The molecule has 0 saturated heterocycles. The Morgan fingerprint density at radius 3 is 1.65 bits per heavy atom. The molecule has 23 heavy (non-hydrogen) atoms. The average Bonchev–Trinajstić information content (AvgIpc) is 3.13. The van der Waals surface area contributed by atoms with Crippen LogP contribution in [-0.4, -0.2) is 9.97 Å².